The molecular weight excluding hydrogens is 488 g/mol. The molecule has 6 rings (SSSR count). The van der Waals surface area contributed by atoms with Crippen molar-refractivity contribution in [1.82, 2.24) is 14.8 Å². The molecule has 198 valence electrons. The number of aliphatic hydroxyl groups is 1. The van der Waals surface area contributed by atoms with Crippen molar-refractivity contribution in [3.05, 3.63) is 125 Å². The van der Waals surface area contributed by atoms with Crippen LogP contribution in [0.15, 0.2) is 96.1 Å². The Morgan fingerprint density at radius 1 is 0.923 bits per heavy atom. The lowest BCUT2D eigenvalue weighted by atomic mass is 9.76. The van der Waals surface area contributed by atoms with Crippen molar-refractivity contribution in [2.75, 3.05) is 19.8 Å². The number of esters is 1. The van der Waals surface area contributed by atoms with E-state index in [9.17, 15) is 9.90 Å². The predicted molar refractivity (Wildman–Crippen MR) is 150 cm³/mol. The highest BCUT2D eigenvalue weighted by Gasteiger charge is 2.48. The van der Waals surface area contributed by atoms with Crippen LogP contribution < -0.4 is 0 Å². The first-order chi connectivity index (χ1) is 19.2. The van der Waals surface area contributed by atoms with Gasteiger partial charge in [0.15, 0.2) is 0 Å². The fourth-order valence-corrected chi connectivity index (χ4v) is 6.19. The molecule has 0 saturated heterocycles. The molecule has 0 amide bonds. The lowest BCUT2D eigenvalue weighted by molar-refractivity contribution is 0.0509. The van der Waals surface area contributed by atoms with Crippen LogP contribution >= 0.6 is 0 Å². The number of fused-ring (bicyclic) bond motifs is 3. The minimum absolute atomic E-state index is 0.0580. The first kappa shape index (κ1) is 25.1. The van der Waals surface area contributed by atoms with Crippen LogP contribution in [-0.2, 0) is 23.2 Å². The van der Waals surface area contributed by atoms with Crippen LogP contribution in [0.1, 0.15) is 57.7 Å². The number of ether oxygens (including phenoxy) is 1. The number of benzene rings is 3. The Balaban J connectivity index is 1.51. The van der Waals surface area contributed by atoms with Gasteiger partial charge < -0.3 is 9.84 Å². The second kappa shape index (κ2) is 10.5. The Morgan fingerprint density at radius 3 is 2.00 bits per heavy atom. The van der Waals surface area contributed by atoms with Crippen molar-refractivity contribution in [3.63, 3.8) is 0 Å². The smallest absolute Gasteiger partial charge is 0.356 e. The molecule has 1 aromatic heterocycles. The number of nitrogens with zero attached hydrogens (tertiary/aromatic N) is 4. The monoisotopic (exact) mass is 520 g/mol. The maximum atomic E-state index is 12.9. The van der Waals surface area contributed by atoms with Crippen molar-refractivity contribution in [3.8, 4) is 0 Å². The quantitative estimate of drug-likeness (QED) is 0.268. The minimum Gasteiger partial charge on any atom is -0.461 e. The van der Waals surface area contributed by atoms with E-state index >= 15 is 0 Å². The fraction of sp³-hybridized carbons (Fsp3) is 0.281. The molecule has 3 aromatic carbocycles. The van der Waals surface area contributed by atoms with E-state index in [2.05, 4.69) is 77.8 Å². The molecule has 1 atom stereocenters. The van der Waals surface area contributed by atoms with Gasteiger partial charge in [-0.3, -0.25) is 9.69 Å². The zero-order chi connectivity index (χ0) is 26.8. The number of carbonyl (C=O) groups excluding carboxylic acids is 1. The summed E-state index contributed by atoms with van der Waals surface area (Å²) < 4.78 is 7.00. The maximum absolute atomic E-state index is 12.9. The number of hydrazone groups is 1. The Hall–Kier alpha value is -4.23. The number of rotatable bonds is 8. The number of hydrogen-bond acceptors (Lipinski definition) is 6. The molecule has 7 nitrogen and oxygen atoms in total. The van der Waals surface area contributed by atoms with Gasteiger partial charge in [0.05, 0.1) is 37.9 Å². The van der Waals surface area contributed by atoms with Crippen LogP contribution in [0.25, 0.3) is 0 Å². The average molecular weight is 521 g/mol. The molecule has 0 bridgehead atoms. The van der Waals surface area contributed by atoms with Crippen molar-refractivity contribution in [2.45, 2.75) is 37.8 Å². The number of aromatic nitrogens is 2. The SMILES string of the molecule is CCOC(=O)c1c2c(nn1CCO)C1CN(C(c3ccccc3)(c3ccccc3)c3ccccc3)N=C1CC2. The first-order valence-corrected chi connectivity index (χ1v) is 13.6. The molecule has 39 heavy (non-hydrogen) atoms. The van der Waals surface area contributed by atoms with Crippen molar-refractivity contribution in [1.29, 1.82) is 0 Å². The van der Waals surface area contributed by atoms with Gasteiger partial charge in [0, 0.05) is 11.3 Å². The van der Waals surface area contributed by atoms with E-state index in [1.54, 1.807) is 11.6 Å². The fourth-order valence-electron chi connectivity index (χ4n) is 6.19. The highest BCUT2D eigenvalue weighted by Crippen LogP contribution is 2.47. The Kier molecular flexibility index (Phi) is 6.75. The number of aliphatic hydroxyl groups excluding tert-OH is 1. The largest absolute Gasteiger partial charge is 0.461 e. The summed E-state index contributed by atoms with van der Waals surface area (Å²) in [5.41, 5.74) is 6.03. The van der Waals surface area contributed by atoms with Crippen LogP contribution in [0.5, 0.6) is 0 Å². The topological polar surface area (TPSA) is 79.9 Å². The highest BCUT2D eigenvalue weighted by molar-refractivity contribution is 5.97. The van der Waals surface area contributed by atoms with Crippen molar-refractivity contribution in [2.24, 2.45) is 5.10 Å². The van der Waals surface area contributed by atoms with Gasteiger partial charge in [0.25, 0.3) is 0 Å². The van der Waals surface area contributed by atoms with Gasteiger partial charge in [-0.25, -0.2) is 4.79 Å². The van der Waals surface area contributed by atoms with E-state index in [-0.39, 0.29) is 31.6 Å². The molecule has 0 fully saturated rings. The molecule has 4 aromatic rings. The van der Waals surface area contributed by atoms with Gasteiger partial charge in [-0.1, -0.05) is 91.0 Å². The van der Waals surface area contributed by atoms with E-state index in [0.717, 1.165) is 40.1 Å². The van der Waals surface area contributed by atoms with Crippen molar-refractivity contribution < 1.29 is 14.6 Å². The van der Waals surface area contributed by atoms with Gasteiger partial charge in [0.1, 0.15) is 11.2 Å². The summed E-state index contributed by atoms with van der Waals surface area (Å²) in [7, 11) is 0. The maximum Gasteiger partial charge on any atom is 0.356 e. The Labute approximate surface area is 228 Å². The molecule has 0 saturated carbocycles. The van der Waals surface area contributed by atoms with Crippen molar-refractivity contribution >= 4 is 11.7 Å². The van der Waals surface area contributed by atoms with E-state index in [4.69, 9.17) is 14.9 Å². The summed E-state index contributed by atoms with van der Waals surface area (Å²) in [4.78, 5) is 12.9. The summed E-state index contributed by atoms with van der Waals surface area (Å²) >= 11 is 0. The summed E-state index contributed by atoms with van der Waals surface area (Å²) in [6.45, 7) is 2.83. The van der Waals surface area contributed by atoms with Gasteiger partial charge in [-0.05, 0) is 36.5 Å². The molecule has 2 aliphatic rings. The normalized spacial score (nSPS) is 16.4. The third-order valence-electron chi connectivity index (χ3n) is 7.79. The molecular formula is C32H32N4O3. The van der Waals surface area contributed by atoms with Gasteiger partial charge in [-0.2, -0.15) is 10.2 Å². The second-order valence-electron chi connectivity index (χ2n) is 9.91. The average Bonchev–Trinajstić information content (AvgIpc) is 3.57. The molecule has 0 radical (unpaired) electrons. The van der Waals surface area contributed by atoms with E-state index in [0.29, 0.717) is 18.7 Å². The van der Waals surface area contributed by atoms with Crippen LogP contribution in [0, 0.1) is 0 Å². The molecule has 0 spiro atoms. The van der Waals surface area contributed by atoms with Crippen LogP contribution in [-0.4, -0.2) is 51.3 Å². The standard InChI is InChI=1S/C32H32N4O3/c1-2-39-31(38)30-26-18-19-28-27(29(26)34-35(30)20-21-37)22-36(33-28)32(23-12-6-3-7-13-23,24-14-8-4-9-15-24)25-16-10-5-11-17-25/h3-17,27,37H,2,18-22H2,1H3. The third kappa shape index (κ3) is 4.14. The predicted octanol–water partition coefficient (Wildman–Crippen LogP) is 4.75. The number of carbonyl (C=O) groups is 1. The van der Waals surface area contributed by atoms with Crippen LogP contribution in [0.3, 0.4) is 0 Å². The summed E-state index contributed by atoms with van der Waals surface area (Å²) in [5.74, 6) is -0.445. The number of hydrogen-bond donors (Lipinski definition) is 1. The summed E-state index contributed by atoms with van der Waals surface area (Å²) in [5, 5.41) is 22.1. The Bertz CT molecular complexity index is 1390. The highest BCUT2D eigenvalue weighted by atomic mass is 16.5. The molecule has 1 N–H and O–H groups in total. The van der Waals surface area contributed by atoms with Crippen LogP contribution in [0.2, 0.25) is 0 Å². The molecule has 7 heteroatoms. The first-order valence-electron chi connectivity index (χ1n) is 13.6. The molecule has 1 aliphatic carbocycles. The summed E-state index contributed by atoms with van der Waals surface area (Å²) in [6, 6.07) is 31.6. The molecule has 1 aliphatic heterocycles. The second-order valence-corrected chi connectivity index (χ2v) is 9.91. The van der Waals surface area contributed by atoms with E-state index in [1.165, 1.54) is 0 Å². The molecule has 1 unspecified atom stereocenters. The van der Waals surface area contributed by atoms with Crippen LogP contribution in [0.4, 0.5) is 0 Å². The van der Waals surface area contributed by atoms with Gasteiger partial charge >= 0.3 is 5.97 Å². The zero-order valence-corrected chi connectivity index (χ0v) is 22.0. The lowest BCUT2D eigenvalue weighted by Gasteiger charge is -2.42. The third-order valence-corrected chi connectivity index (χ3v) is 7.79. The molecule has 2 heterocycles. The van der Waals surface area contributed by atoms with Gasteiger partial charge in [0.2, 0.25) is 0 Å². The van der Waals surface area contributed by atoms with E-state index < -0.39 is 5.54 Å². The van der Waals surface area contributed by atoms with E-state index in [1.807, 2.05) is 18.2 Å². The lowest BCUT2D eigenvalue weighted by Crippen LogP contribution is -2.45. The van der Waals surface area contributed by atoms with Gasteiger partial charge in [-0.15, -0.1) is 0 Å². The zero-order valence-electron chi connectivity index (χ0n) is 22.0. The Morgan fingerprint density at radius 2 is 1.49 bits per heavy atom. The minimum atomic E-state index is -0.661. The summed E-state index contributed by atoms with van der Waals surface area (Å²) in [6.07, 6.45) is 1.40.